The third kappa shape index (κ3) is 2.49. The molecule has 1 N–H and O–H groups in total. The summed E-state index contributed by atoms with van der Waals surface area (Å²) in [6.45, 7) is 2.05. The van der Waals surface area contributed by atoms with Crippen LogP contribution in [0.4, 0.5) is 0 Å². The number of aryl methyl sites for hydroxylation is 2. The van der Waals surface area contributed by atoms with Gasteiger partial charge in [0, 0.05) is 18.0 Å². The Hall–Kier alpha value is -1.61. The molecule has 0 aliphatic carbocycles. The van der Waals surface area contributed by atoms with Crippen LogP contribution in [-0.4, -0.2) is 24.9 Å². The summed E-state index contributed by atoms with van der Waals surface area (Å²) in [5.41, 5.74) is 3.05. The molecule has 0 atom stereocenters. The van der Waals surface area contributed by atoms with Crippen LogP contribution >= 0.6 is 0 Å². The van der Waals surface area contributed by atoms with Crippen LogP contribution in [0, 0.1) is 6.92 Å². The fourth-order valence-corrected chi connectivity index (χ4v) is 1.60. The van der Waals surface area contributed by atoms with Crippen LogP contribution in [0.15, 0.2) is 24.3 Å². The number of nitrogens with one attached hydrogen (secondary N) is 1. The van der Waals surface area contributed by atoms with Crippen molar-refractivity contribution in [3.63, 3.8) is 0 Å². The fourth-order valence-electron chi connectivity index (χ4n) is 1.60. The van der Waals surface area contributed by atoms with Gasteiger partial charge in [-0.3, -0.25) is 4.79 Å². The van der Waals surface area contributed by atoms with Gasteiger partial charge in [0.15, 0.2) is 6.29 Å². The number of fused-ring (bicyclic) bond motifs is 1. The van der Waals surface area contributed by atoms with Crippen molar-refractivity contribution < 1.29 is 4.79 Å². The van der Waals surface area contributed by atoms with Gasteiger partial charge in [-0.1, -0.05) is 11.6 Å². The van der Waals surface area contributed by atoms with Crippen molar-refractivity contribution in [1.82, 2.24) is 9.88 Å². The maximum absolute atomic E-state index is 10.7. The van der Waals surface area contributed by atoms with E-state index >= 15 is 0 Å². The lowest BCUT2D eigenvalue weighted by Crippen LogP contribution is -1.92. The van der Waals surface area contributed by atoms with E-state index in [4.69, 9.17) is 0 Å². The molecule has 0 saturated carbocycles. The molecule has 0 amide bonds. The minimum Gasteiger partial charge on any atom is -0.341 e. The SMILES string of the molecule is CNC.Cc1ccc2c(c1)cc(C=O)n2C. The minimum atomic E-state index is 0.723. The molecule has 1 aromatic heterocycles. The van der Waals surface area contributed by atoms with Crippen molar-refractivity contribution >= 4 is 17.2 Å². The van der Waals surface area contributed by atoms with Gasteiger partial charge in [-0.25, -0.2) is 0 Å². The van der Waals surface area contributed by atoms with Gasteiger partial charge in [0.05, 0.1) is 5.69 Å². The van der Waals surface area contributed by atoms with E-state index in [0.717, 1.165) is 22.9 Å². The molecule has 2 rings (SSSR count). The second-order valence-corrected chi connectivity index (χ2v) is 3.81. The van der Waals surface area contributed by atoms with Crippen LogP contribution in [0.25, 0.3) is 10.9 Å². The number of aldehydes is 1. The smallest absolute Gasteiger partial charge is 0.166 e. The van der Waals surface area contributed by atoms with Gasteiger partial charge in [0.2, 0.25) is 0 Å². The number of aromatic nitrogens is 1. The summed E-state index contributed by atoms with van der Waals surface area (Å²) < 4.78 is 1.90. The maximum atomic E-state index is 10.7. The Bertz CT molecular complexity index is 486. The summed E-state index contributed by atoms with van der Waals surface area (Å²) in [6, 6.07) is 8.09. The molecule has 0 spiro atoms. The molecule has 0 fully saturated rings. The molecule has 1 heterocycles. The average Bonchev–Trinajstić information content (AvgIpc) is 2.56. The van der Waals surface area contributed by atoms with Crippen LogP contribution in [0.3, 0.4) is 0 Å². The number of nitrogens with zero attached hydrogens (tertiary/aromatic N) is 1. The van der Waals surface area contributed by atoms with E-state index in [1.165, 1.54) is 5.56 Å². The zero-order valence-electron chi connectivity index (χ0n) is 10.2. The van der Waals surface area contributed by atoms with Gasteiger partial charge < -0.3 is 9.88 Å². The molecular formula is C13H18N2O. The van der Waals surface area contributed by atoms with E-state index in [0.29, 0.717) is 0 Å². The van der Waals surface area contributed by atoms with Crippen LogP contribution in [0.5, 0.6) is 0 Å². The number of hydrogen-bond donors (Lipinski definition) is 1. The summed E-state index contributed by atoms with van der Waals surface area (Å²) >= 11 is 0. The van der Waals surface area contributed by atoms with Gasteiger partial charge in [-0.2, -0.15) is 0 Å². The van der Waals surface area contributed by atoms with Crippen LogP contribution in [-0.2, 0) is 7.05 Å². The van der Waals surface area contributed by atoms with Crippen LogP contribution < -0.4 is 5.32 Å². The fraction of sp³-hybridized carbons (Fsp3) is 0.308. The Balaban J connectivity index is 0.000000386. The lowest BCUT2D eigenvalue weighted by atomic mass is 10.2. The number of hydrogen-bond acceptors (Lipinski definition) is 2. The predicted molar refractivity (Wildman–Crippen MR) is 68.0 cm³/mol. The van der Waals surface area contributed by atoms with Crippen molar-refractivity contribution in [2.24, 2.45) is 7.05 Å². The first kappa shape index (κ1) is 12.5. The Morgan fingerprint density at radius 1 is 1.25 bits per heavy atom. The molecule has 86 valence electrons. The van der Waals surface area contributed by atoms with Crippen molar-refractivity contribution in [2.45, 2.75) is 6.92 Å². The first-order valence-electron chi connectivity index (χ1n) is 5.23. The largest absolute Gasteiger partial charge is 0.341 e. The summed E-state index contributed by atoms with van der Waals surface area (Å²) in [4.78, 5) is 10.7. The van der Waals surface area contributed by atoms with Crippen LogP contribution in [0.2, 0.25) is 0 Å². The Kier molecular flexibility index (Phi) is 4.26. The monoisotopic (exact) mass is 218 g/mol. The zero-order chi connectivity index (χ0) is 12.1. The molecule has 3 nitrogen and oxygen atoms in total. The Morgan fingerprint density at radius 2 is 1.88 bits per heavy atom. The first-order chi connectivity index (χ1) is 7.63. The third-order valence-corrected chi connectivity index (χ3v) is 2.36. The highest BCUT2D eigenvalue weighted by Crippen LogP contribution is 2.18. The molecule has 0 unspecified atom stereocenters. The molecule has 0 saturated heterocycles. The van der Waals surface area contributed by atoms with Gasteiger partial charge in [-0.05, 0) is 39.2 Å². The normalized spacial score (nSPS) is 9.75. The Morgan fingerprint density at radius 3 is 2.44 bits per heavy atom. The number of benzene rings is 1. The third-order valence-electron chi connectivity index (χ3n) is 2.36. The van der Waals surface area contributed by atoms with Gasteiger partial charge in [-0.15, -0.1) is 0 Å². The number of carbonyl (C=O) groups is 1. The Labute approximate surface area is 96.1 Å². The second kappa shape index (κ2) is 5.47. The molecule has 0 aliphatic heterocycles. The van der Waals surface area contributed by atoms with E-state index in [-0.39, 0.29) is 0 Å². The summed E-state index contributed by atoms with van der Waals surface area (Å²) in [6.07, 6.45) is 0.884. The van der Waals surface area contributed by atoms with Crippen molar-refractivity contribution in [3.8, 4) is 0 Å². The van der Waals surface area contributed by atoms with Crippen molar-refractivity contribution in [1.29, 1.82) is 0 Å². The predicted octanol–water partition coefficient (Wildman–Crippen LogP) is 2.13. The highest BCUT2D eigenvalue weighted by molar-refractivity contribution is 5.89. The topological polar surface area (TPSA) is 34.0 Å². The molecule has 16 heavy (non-hydrogen) atoms. The number of rotatable bonds is 1. The quantitative estimate of drug-likeness (QED) is 0.744. The lowest BCUT2D eigenvalue weighted by molar-refractivity contribution is 0.111. The van der Waals surface area contributed by atoms with E-state index in [1.807, 2.05) is 44.8 Å². The highest BCUT2D eigenvalue weighted by atomic mass is 16.1. The molecular weight excluding hydrogens is 200 g/mol. The van der Waals surface area contributed by atoms with Gasteiger partial charge in [0.25, 0.3) is 0 Å². The van der Waals surface area contributed by atoms with Gasteiger partial charge in [0.1, 0.15) is 0 Å². The molecule has 0 radical (unpaired) electrons. The van der Waals surface area contributed by atoms with Crippen LogP contribution in [0.1, 0.15) is 16.1 Å². The minimum absolute atomic E-state index is 0.723. The standard InChI is InChI=1S/C11H11NO.C2H7N/c1-8-3-4-11-9(5-8)6-10(7-13)12(11)2;1-3-2/h3-7H,1-2H3;3H,1-2H3. The highest BCUT2D eigenvalue weighted by Gasteiger charge is 2.03. The molecule has 2 aromatic rings. The molecule has 3 heteroatoms. The van der Waals surface area contributed by atoms with E-state index in [9.17, 15) is 4.79 Å². The average molecular weight is 218 g/mol. The van der Waals surface area contributed by atoms with Gasteiger partial charge >= 0.3 is 0 Å². The summed E-state index contributed by atoms with van der Waals surface area (Å²) in [7, 11) is 5.65. The lowest BCUT2D eigenvalue weighted by Gasteiger charge is -1.97. The maximum Gasteiger partial charge on any atom is 0.166 e. The molecule has 0 aliphatic rings. The molecule has 1 aromatic carbocycles. The number of carbonyl (C=O) groups excluding carboxylic acids is 1. The van der Waals surface area contributed by atoms with E-state index < -0.39 is 0 Å². The summed E-state index contributed by atoms with van der Waals surface area (Å²) in [5.74, 6) is 0. The van der Waals surface area contributed by atoms with Crippen molar-refractivity contribution in [2.75, 3.05) is 14.1 Å². The zero-order valence-corrected chi connectivity index (χ0v) is 10.2. The first-order valence-corrected chi connectivity index (χ1v) is 5.23. The molecule has 0 bridgehead atoms. The second-order valence-electron chi connectivity index (χ2n) is 3.81. The summed E-state index contributed by atoms with van der Waals surface area (Å²) in [5, 5.41) is 3.88. The van der Waals surface area contributed by atoms with E-state index in [1.54, 1.807) is 0 Å². The van der Waals surface area contributed by atoms with Crippen molar-refractivity contribution in [3.05, 3.63) is 35.5 Å². The van der Waals surface area contributed by atoms with E-state index in [2.05, 4.69) is 17.4 Å².